The second kappa shape index (κ2) is 6.56. The van der Waals surface area contributed by atoms with E-state index in [0.29, 0.717) is 10.9 Å². The molecule has 0 unspecified atom stereocenters. The number of hydrogen-bond acceptors (Lipinski definition) is 5. The number of carbonyl (C=O) groups excluding carboxylic acids is 2. The first-order chi connectivity index (χ1) is 10.6. The SMILES string of the molecule is C[C@]1(NC(=O)COC(=O)c2ccc(Br)cc2F)CCS(=O)(=O)C1. The summed E-state index contributed by atoms with van der Waals surface area (Å²) in [6.45, 7) is 1.01. The third-order valence-electron chi connectivity index (χ3n) is 3.43. The molecule has 0 aliphatic carbocycles. The van der Waals surface area contributed by atoms with Gasteiger partial charge in [0, 0.05) is 4.47 Å². The van der Waals surface area contributed by atoms with Gasteiger partial charge < -0.3 is 10.1 Å². The Morgan fingerprint density at radius 3 is 2.70 bits per heavy atom. The highest BCUT2D eigenvalue weighted by Gasteiger charge is 2.39. The Labute approximate surface area is 141 Å². The summed E-state index contributed by atoms with van der Waals surface area (Å²) in [5, 5.41) is 2.54. The first-order valence-electron chi connectivity index (χ1n) is 6.74. The Bertz CT molecular complexity index is 752. The Morgan fingerprint density at radius 2 is 2.13 bits per heavy atom. The number of rotatable bonds is 4. The lowest BCUT2D eigenvalue weighted by atomic mass is 10.0. The summed E-state index contributed by atoms with van der Waals surface area (Å²) in [4.78, 5) is 23.6. The van der Waals surface area contributed by atoms with Crippen molar-refractivity contribution < 1.29 is 27.1 Å². The van der Waals surface area contributed by atoms with Crippen molar-refractivity contribution in [2.45, 2.75) is 18.9 Å². The molecule has 0 radical (unpaired) electrons. The normalized spacial score (nSPS) is 22.6. The predicted octanol–water partition coefficient (Wildman–Crippen LogP) is 1.44. The van der Waals surface area contributed by atoms with E-state index in [9.17, 15) is 22.4 Å². The lowest BCUT2D eigenvalue weighted by Gasteiger charge is -2.23. The molecule has 2 rings (SSSR count). The first kappa shape index (κ1) is 17.9. The van der Waals surface area contributed by atoms with Gasteiger partial charge in [-0.15, -0.1) is 0 Å². The van der Waals surface area contributed by atoms with E-state index >= 15 is 0 Å². The summed E-state index contributed by atoms with van der Waals surface area (Å²) < 4.78 is 41.8. The fraction of sp³-hybridized carbons (Fsp3) is 0.429. The molecule has 0 bridgehead atoms. The maximum Gasteiger partial charge on any atom is 0.341 e. The predicted molar refractivity (Wildman–Crippen MR) is 84.2 cm³/mol. The summed E-state index contributed by atoms with van der Waals surface area (Å²) in [5.41, 5.74) is -1.15. The van der Waals surface area contributed by atoms with Crippen LogP contribution in [0.2, 0.25) is 0 Å². The zero-order valence-corrected chi connectivity index (χ0v) is 14.7. The minimum absolute atomic E-state index is 0.00761. The number of ether oxygens (including phenoxy) is 1. The van der Waals surface area contributed by atoms with Crippen LogP contribution in [-0.2, 0) is 19.4 Å². The van der Waals surface area contributed by atoms with E-state index in [1.54, 1.807) is 6.92 Å². The van der Waals surface area contributed by atoms with E-state index < -0.39 is 39.7 Å². The van der Waals surface area contributed by atoms with Crippen LogP contribution in [0.3, 0.4) is 0 Å². The van der Waals surface area contributed by atoms with Crippen molar-refractivity contribution in [2.24, 2.45) is 0 Å². The van der Waals surface area contributed by atoms with Gasteiger partial charge in [0.05, 0.1) is 22.6 Å². The fourth-order valence-corrected chi connectivity index (χ4v) is 4.77. The van der Waals surface area contributed by atoms with E-state index in [4.69, 9.17) is 4.74 Å². The Balaban J connectivity index is 1.90. The molecule has 1 heterocycles. The van der Waals surface area contributed by atoms with Crippen LogP contribution in [0.1, 0.15) is 23.7 Å². The largest absolute Gasteiger partial charge is 0.452 e. The van der Waals surface area contributed by atoms with Crippen LogP contribution in [0.5, 0.6) is 0 Å². The highest BCUT2D eigenvalue weighted by Crippen LogP contribution is 2.22. The molecule has 1 saturated heterocycles. The second-order valence-corrected chi connectivity index (χ2v) is 8.75. The van der Waals surface area contributed by atoms with Gasteiger partial charge in [-0.1, -0.05) is 15.9 Å². The average molecular weight is 408 g/mol. The molecule has 1 aliphatic rings. The number of nitrogens with one attached hydrogen (secondary N) is 1. The van der Waals surface area contributed by atoms with E-state index in [1.165, 1.54) is 12.1 Å². The number of hydrogen-bond donors (Lipinski definition) is 1. The number of benzene rings is 1. The van der Waals surface area contributed by atoms with Gasteiger partial charge in [-0.3, -0.25) is 4.79 Å². The zero-order valence-electron chi connectivity index (χ0n) is 12.3. The Hall–Kier alpha value is -1.48. The number of amides is 1. The van der Waals surface area contributed by atoms with Crippen molar-refractivity contribution in [3.63, 3.8) is 0 Å². The first-order valence-corrected chi connectivity index (χ1v) is 9.35. The standard InChI is InChI=1S/C14H15BrFNO5S/c1-14(4-5-23(20,21)8-14)17-12(18)7-22-13(19)10-3-2-9(15)6-11(10)16/h2-3,6H,4-5,7-8H2,1H3,(H,17,18)/t14-/m0/s1. The third kappa shape index (κ3) is 4.74. The molecule has 0 spiro atoms. The molecular formula is C14H15BrFNO5S. The summed E-state index contributed by atoms with van der Waals surface area (Å²) in [7, 11) is -3.16. The minimum atomic E-state index is -3.16. The summed E-state index contributed by atoms with van der Waals surface area (Å²) >= 11 is 3.07. The molecule has 1 aromatic carbocycles. The van der Waals surface area contributed by atoms with Crippen molar-refractivity contribution in [1.82, 2.24) is 5.32 Å². The van der Waals surface area contributed by atoms with Crippen LogP contribution < -0.4 is 5.32 Å². The third-order valence-corrected chi connectivity index (χ3v) is 5.83. The number of esters is 1. The molecule has 1 N–H and O–H groups in total. The lowest BCUT2D eigenvalue weighted by molar-refractivity contribution is -0.125. The van der Waals surface area contributed by atoms with E-state index in [-0.39, 0.29) is 17.1 Å². The molecule has 1 fully saturated rings. The van der Waals surface area contributed by atoms with Gasteiger partial charge in [-0.25, -0.2) is 17.6 Å². The molecule has 0 saturated carbocycles. The van der Waals surface area contributed by atoms with Gasteiger partial charge in [0.1, 0.15) is 5.82 Å². The topological polar surface area (TPSA) is 89.5 Å². The maximum atomic E-state index is 13.6. The Morgan fingerprint density at radius 1 is 1.43 bits per heavy atom. The van der Waals surface area contributed by atoms with Crippen LogP contribution >= 0.6 is 15.9 Å². The van der Waals surface area contributed by atoms with E-state index in [2.05, 4.69) is 21.2 Å². The molecule has 0 aromatic heterocycles. The zero-order chi connectivity index (χ0) is 17.3. The molecule has 6 nitrogen and oxygen atoms in total. The van der Waals surface area contributed by atoms with Gasteiger partial charge in [0.2, 0.25) is 0 Å². The second-order valence-electron chi connectivity index (χ2n) is 5.65. The van der Waals surface area contributed by atoms with Crippen LogP contribution in [-0.4, -0.2) is 43.9 Å². The Kier molecular flexibility index (Phi) is 5.10. The van der Waals surface area contributed by atoms with Gasteiger partial charge in [0.15, 0.2) is 16.4 Å². The monoisotopic (exact) mass is 407 g/mol. The fourth-order valence-electron chi connectivity index (χ4n) is 2.35. The summed E-state index contributed by atoms with van der Waals surface area (Å²) in [6, 6.07) is 3.83. The molecule has 1 amide bonds. The van der Waals surface area contributed by atoms with Gasteiger partial charge in [-0.05, 0) is 31.5 Å². The molecule has 1 atom stereocenters. The molecule has 1 aromatic rings. The number of carbonyl (C=O) groups is 2. The van der Waals surface area contributed by atoms with Crippen LogP contribution in [0.4, 0.5) is 4.39 Å². The molecule has 1 aliphatic heterocycles. The highest BCUT2D eigenvalue weighted by molar-refractivity contribution is 9.10. The molecular weight excluding hydrogens is 393 g/mol. The minimum Gasteiger partial charge on any atom is -0.452 e. The van der Waals surface area contributed by atoms with E-state index in [0.717, 1.165) is 6.07 Å². The number of sulfone groups is 1. The summed E-state index contributed by atoms with van der Waals surface area (Å²) in [5.74, 6) is -2.50. The summed E-state index contributed by atoms with van der Waals surface area (Å²) in [6.07, 6.45) is 0.302. The quantitative estimate of drug-likeness (QED) is 0.762. The smallest absolute Gasteiger partial charge is 0.341 e. The van der Waals surface area contributed by atoms with Crippen molar-refractivity contribution in [3.05, 3.63) is 34.1 Å². The van der Waals surface area contributed by atoms with Crippen molar-refractivity contribution in [1.29, 1.82) is 0 Å². The molecule has 23 heavy (non-hydrogen) atoms. The van der Waals surface area contributed by atoms with Gasteiger partial charge in [-0.2, -0.15) is 0 Å². The highest BCUT2D eigenvalue weighted by atomic mass is 79.9. The molecule has 126 valence electrons. The van der Waals surface area contributed by atoms with E-state index in [1.807, 2.05) is 0 Å². The molecule has 9 heteroatoms. The van der Waals surface area contributed by atoms with Gasteiger partial charge >= 0.3 is 5.97 Å². The number of halogens is 2. The van der Waals surface area contributed by atoms with Gasteiger partial charge in [0.25, 0.3) is 5.91 Å². The van der Waals surface area contributed by atoms with Crippen molar-refractivity contribution >= 4 is 37.6 Å². The maximum absolute atomic E-state index is 13.6. The lowest BCUT2D eigenvalue weighted by Crippen LogP contribution is -2.48. The van der Waals surface area contributed by atoms with Crippen molar-refractivity contribution in [2.75, 3.05) is 18.1 Å². The van der Waals surface area contributed by atoms with Crippen LogP contribution in [0.15, 0.2) is 22.7 Å². The van der Waals surface area contributed by atoms with Crippen LogP contribution in [0, 0.1) is 5.82 Å². The van der Waals surface area contributed by atoms with Crippen molar-refractivity contribution in [3.8, 4) is 0 Å². The van der Waals surface area contributed by atoms with Crippen LogP contribution in [0.25, 0.3) is 0 Å². The average Bonchev–Trinajstić information content (AvgIpc) is 2.69.